The van der Waals surface area contributed by atoms with Crippen LogP contribution in [0.2, 0.25) is 0 Å². The first-order valence-electron chi connectivity index (χ1n) is 11.0. The van der Waals surface area contributed by atoms with E-state index in [1.54, 1.807) is 12.1 Å². The molecule has 2 aromatic carbocycles. The van der Waals surface area contributed by atoms with Crippen LogP contribution in [0.4, 0.5) is 5.69 Å². The lowest BCUT2D eigenvalue weighted by Gasteiger charge is -2.37. The minimum absolute atomic E-state index is 0.0950. The zero-order valence-corrected chi connectivity index (χ0v) is 19.1. The van der Waals surface area contributed by atoms with Crippen molar-refractivity contribution in [2.45, 2.75) is 50.5 Å². The van der Waals surface area contributed by atoms with Crippen molar-refractivity contribution in [2.24, 2.45) is 0 Å². The highest BCUT2D eigenvalue weighted by Gasteiger charge is 2.28. The maximum absolute atomic E-state index is 12.7. The molecular weight excluding hydrogens is 410 g/mol. The Bertz CT molecular complexity index is 1040. The zero-order chi connectivity index (χ0) is 22.0. The first-order chi connectivity index (χ1) is 14.8. The quantitative estimate of drug-likeness (QED) is 0.717. The number of carbonyl (C=O) groups is 1. The van der Waals surface area contributed by atoms with Gasteiger partial charge < -0.3 is 9.80 Å². The van der Waals surface area contributed by atoms with Crippen LogP contribution in [0.1, 0.15) is 36.0 Å². The molecule has 0 atom stereocenters. The Hall–Kier alpha value is -2.38. The molecule has 2 aromatic rings. The normalized spacial score (nSPS) is 17.1. The van der Waals surface area contributed by atoms with Crippen LogP contribution >= 0.6 is 0 Å². The van der Waals surface area contributed by atoms with Crippen LogP contribution in [0, 0.1) is 13.8 Å². The monoisotopic (exact) mass is 441 g/mol. The van der Waals surface area contributed by atoms with Crippen molar-refractivity contribution in [3.8, 4) is 0 Å². The van der Waals surface area contributed by atoms with Gasteiger partial charge in [-0.05, 0) is 68.0 Å². The fraction of sp³-hybridized carbons (Fsp3) is 0.458. The van der Waals surface area contributed by atoms with Crippen LogP contribution in [0.5, 0.6) is 0 Å². The lowest BCUT2D eigenvalue weighted by atomic mass is 10.1. The van der Waals surface area contributed by atoms with E-state index in [1.807, 2.05) is 17.0 Å². The molecule has 2 fully saturated rings. The smallest absolute Gasteiger partial charge is 0.240 e. The molecule has 6 nitrogen and oxygen atoms in total. The minimum atomic E-state index is -3.43. The molecular formula is C24H31N3O3S. The summed E-state index contributed by atoms with van der Waals surface area (Å²) < 4.78 is 27.2. The number of rotatable bonds is 7. The molecule has 1 aliphatic carbocycles. The average molecular weight is 442 g/mol. The second kappa shape index (κ2) is 9.01. The molecule has 1 aliphatic heterocycles. The van der Waals surface area contributed by atoms with Crippen molar-refractivity contribution in [3.05, 3.63) is 59.2 Å². The van der Waals surface area contributed by atoms with Gasteiger partial charge in [0.1, 0.15) is 0 Å². The number of hydrogen-bond acceptors (Lipinski definition) is 4. The number of carbonyl (C=O) groups excluding carboxylic acids is 1. The van der Waals surface area contributed by atoms with Crippen molar-refractivity contribution in [1.29, 1.82) is 0 Å². The fourth-order valence-electron chi connectivity index (χ4n) is 4.01. The summed E-state index contributed by atoms with van der Waals surface area (Å²) >= 11 is 0. The minimum Gasteiger partial charge on any atom is -0.368 e. The number of aryl methyl sites for hydroxylation is 2. The molecule has 0 radical (unpaired) electrons. The van der Waals surface area contributed by atoms with Gasteiger partial charge in [-0.15, -0.1) is 0 Å². The van der Waals surface area contributed by atoms with E-state index in [1.165, 1.54) is 16.8 Å². The number of benzene rings is 2. The molecule has 0 bridgehead atoms. The summed E-state index contributed by atoms with van der Waals surface area (Å²) in [7, 11) is -3.43. The molecule has 0 unspecified atom stereocenters. The van der Waals surface area contributed by atoms with E-state index >= 15 is 0 Å². The van der Waals surface area contributed by atoms with Crippen LogP contribution in [0.3, 0.4) is 0 Å². The van der Waals surface area contributed by atoms with Gasteiger partial charge in [0.15, 0.2) is 0 Å². The largest absolute Gasteiger partial charge is 0.368 e. The SMILES string of the molecule is Cc1cccc(N2CCN(C(=O)CCc3ccc(S(=O)(=O)NC4CC4)cc3)CC2)c1C. The van der Waals surface area contributed by atoms with E-state index in [4.69, 9.17) is 0 Å². The number of amides is 1. The maximum Gasteiger partial charge on any atom is 0.240 e. The highest BCUT2D eigenvalue weighted by atomic mass is 32.2. The van der Waals surface area contributed by atoms with Gasteiger partial charge in [0, 0.05) is 44.3 Å². The number of anilines is 1. The van der Waals surface area contributed by atoms with E-state index < -0.39 is 10.0 Å². The summed E-state index contributed by atoms with van der Waals surface area (Å²) in [6.07, 6.45) is 2.89. The molecule has 31 heavy (non-hydrogen) atoms. The third kappa shape index (κ3) is 5.28. The molecule has 1 amide bonds. The van der Waals surface area contributed by atoms with Crippen molar-refractivity contribution < 1.29 is 13.2 Å². The number of sulfonamides is 1. The number of nitrogens with one attached hydrogen (secondary N) is 1. The van der Waals surface area contributed by atoms with E-state index in [0.717, 1.165) is 44.6 Å². The number of piperazine rings is 1. The van der Waals surface area contributed by atoms with Crippen molar-refractivity contribution in [1.82, 2.24) is 9.62 Å². The standard InChI is InChI=1S/C24H31N3O3S/c1-18-4-3-5-23(19(18)2)26-14-16-27(17-15-26)24(28)13-8-20-6-11-22(12-7-20)31(29,30)25-21-9-10-21/h3-7,11-12,21,25H,8-10,13-17H2,1-2H3. The second-order valence-corrected chi connectivity index (χ2v) is 10.3. The molecule has 1 saturated heterocycles. The molecule has 1 heterocycles. The van der Waals surface area contributed by atoms with Crippen molar-refractivity contribution in [3.63, 3.8) is 0 Å². The fourth-order valence-corrected chi connectivity index (χ4v) is 5.31. The van der Waals surface area contributed by atoms with Gasteiger partial charge in [0.05, 0.1) is 4.90 Å². The predicted octanol–water partition coefficient (Wildman–Crippen LogP) is 3.03. The summed E-state index contributed by atoms with van der Waals surface area (Å²) in [5, 5.41) is 0. The van der Waals surface area contributed by atoms with E-state index in [2.05, 4.69) is 41.7 Å². The average Bonchev–Trinajstić information content (AvgIpc) is 3.58. The predicted molar refractivity (Wildman–Crippen MR) is 123 cm³/mol. The first kappa shape index (κ1) is 21.8. The first-order valence-corrected chi connectivity index (χ1v) is 12.5. The van der Waals surface area contributed by atoms with Gasteiger partial charge in [0.2, 0.25) is 15.9 Å². The Labute approximate surface area is 185 Å². The Morgan fingerprint density at radius 1 is 1.00 bits per heavy atom. The van der Waals surface area contributed by atoms with E-state index in [0.29, 0.717) is 12.8 Å². The Morgan fingerprint density at radius 3 is 2.32 bits per heavy atom. The summed E-state index contributed by atoms with van der Waals surface area (Å²) in [6, 6.07) is 13.4. The van der Waals surface area contributed by atoms with Crippen molar-refractivity contribution in [2.75, 3.05) is 31.1 Å². The zero-order valence-electron chi connectivity index (χ0n) is 18.3. The third-order valence-electron chi connectivity index (χ3n) is 6.31. The second-order valence-electron chi connectivity index (χ2n) is 8.63. The van der Waals surface area contributed by atoms with Gasteiger partial charge >= 0.3 is 0 Å². The Morgan fingerprint density at radius 2 is 1.68 bits per heavy atom. The van der Waals surface area contributed by atoms with Gasteiger partial charge in [-0.25, -0.2) is 13.1 Å². The van der Waals surface area contributed by atoms with Crippen LogP contribution in [0.15, 0.2) is 47.4 Å². The highest BCUT2D eigenvalue weighted by Crippen LogP contribution is 2.24. The third-order valence-corrected chi connectivity index (χ3v) is 7.85. The maximum atomic E-state index is 12.7. The van der Waals surface area contributed by atoms with Crippen LogP contribution in [-0.4, -0.2) is 51.4 Å². The van der Waals surface area contributed by atoms with Gasteiger partial charge in [-0.3, -0.25) is 4.79 Å². The lowest BCUT2D eigenvalue weighted by molar-refractivity contribution is -0.131. The molecule has 0 spiro atoms. The molecule has 2 aliphatic rings. The van der Waals surface area contributed by atoms with Gasteiger partial charge in [0.25, 0.3) is 0 Å². The number of nitrogens with zero attached hydrogens (tertiary/aromatic N) is 2. The van der Waals surface area contributed by atoms with Crippen molar-refractivity contribution >= 4 is 21.6 Å². The summed E-state index contributed by atoms with van der Waals surface area (Å²) in [5.74, 6) is 0.160. The van der Waals surface area contributed by atoms with Gasteiger partial charge in [-0.1, -0.05) is 24.3 Å². The van der Waals surface area contributed by atoms with Crippen LogP contribution < -0.4 is 9.62 Å². The Balaban J connectivity index is 1.27. The van der Waals surface area contributed by atoms with E-state index in [-0.39, 0.29) is 16.8 Å². The topological polar surface area (TPSA) is 69.7 Å². The van der Waals surface area contributed by atoms with E-state index in [9.17, 15) is 13.2 Å². The van der Waals surface area contributed by atoms with Crippen LogP contribution in [0.25, 0.3) is 0 Å². The number of hydrogen-bond donors (Lipinski definition) is 1. The molecule has 7 heteroatoms. The van der Waals surface area contributed by atoms with Crippen LogP contribution in [-0.2, 0) is 21.2 Å². The molecule has 0 aromatic heterocycles. The highest BCUT2D eigenvalue weighted by molar-refractivity contribution is 7.89. The summed E-state index contributed by atoms with van der Waals surface area (Å²) in [6.45, 7) is 7.44. The summed E-state index contributed by atoms with van der Waals surface area (Å²) in [5.41, 5.74) is 4.84. The molecule has 1 N–H and O–H groups in total. The Kier molecular flexibility index (Phi) is 6.34. The van der Waals surface area contributed by atoms with Gasteiger partial charge in [-0.2, -0.15) is 0 Å². The summed E-state index contributed by atoms with van der Waals surface area (Å²) in [4.78, 5) is 17.3. The molecule has 166 valence electrons. The molecule has 4 rings (SSSR count). The lowest BCUT2D eigenvalue weighted by Crippen LogP contribution is -2.49. The molecule has 1 saturated carbocycles.